The maximum absolute atomic E-state index is 10.5. The Morgan fingerprint density at radius 3 is 2.81 bits per heavy atom. The van der Waals surface area contributed by atoms with E-state index in [4.69, 9.17) is 5.11 Å². The summed E-state index contributed by atoms with van der Waals surface area (Å²) < 4.78 is 4.54. The van der Waals surface area contributed by atoms with Gasteiger partial charge in [-0.2, -0.15) is 4.98 Å². The second-order valence-electron chi connectivity index (χ2n) is 2.79. The van der Waals surface area contributed by atoms with Crippen LogP contribution in [0.15, 0.2) is 23.3 Å². The summed E-state index contributed by atoms with van der Waals surface area (Å²) in [6.45, 7) is 0.331. The predicted molar refractivity (Wildman–Crippen MR) is 50.6 cm³/mol. The summed E-state index contributed by atoms with van der Waals surface area (Å²) in [5, 5.41) is 15.0. The second kappa shape index (κ2) is 4.34. The Labute approximate surface area is 89.3 Å². The molecule has 0 atom stereocenters. The lowest BCUT2D eigenvalue weighted by atomic mass is 10.4. The van der Waals surface area contributed by atoms with Gasteiger partial charge in [0.15, 0.2) is 11.5 Å². The fraction of sp³-hybridized carbons (Fsp3) is 0.125. The van der Waals surface area contributed by atoms with E-state index in [-0.39, 0.29) is 5.69 Å². The molecule has 0 spiro atoms. The van der Waals surface area contributed by atoms with Crippen LogP contribution in [0.2, 0.25) is 0 Å². The van der Waals surface area contributed by atoms with Crippen LogP contribution in [0.25, 0.3) is 0 Å². The molecule has 0 saturated heterocycles. The number of rotatable bonds is 4. The summed E-state index contributed by atoms with van der Waals surface area (Å²) in [5.74, 6) is -0.198. The molecule has 0 radical (unpaired) electrons. The lowest BCUT2D eigenvalue weighted by Gasteiger charge is -2.01. The third-order valence-corrected chi connectivity index (χ3v) is 1.71. The Balaban J connectivity index is 1.98. The van der Waals surface area contributed by atoms with Crippen molar-refractivity contribution in [2.75, 3.05) is 5.32 Å². The summed E-state index contributed by atoms with van der Waals surface area (Å²) in [6, 6.07) is 0. The van der Waals surface area contributed by atoms with E-state index in [0.29, 0.717) is 18.2 Å². The third-order valence-electron chi connectivity index (χ3n) is 1.71. The van der Waals surface area contributed by atoms with E-state index in [1.807, 2.05) is 0 Å². The van der Waals surface area contributed by atoms with Crippen molar-refractivity contribution in [1.29, 1.82) is 0 Å². The van der Waals surface area contributed by atoms with Gasteiger partial charge in [-0.1, -0.05) is 5.16 Å². The van der Waals surface area contributed by atoms with Gasteiger partial charge in [0.05, 0.1) is 18.9 Å². The summed E-state index contributed by atoms with van der Waals surface area (Å²) in [5.41, 5.74) is -0.106. The van der Waals surface area contributed by atoms with Crippen LogP contribution in [-0.2, 0) is 6.54 Å². The molecule has 0 unspecified atom stereocenters. The van der Waals surface area contributed by atoms with E-state index in [0.717, 1.165) is 0 Å². The van der Waals surface area contributed by atoms with E-state index in [9.17, 15) is 4.79 Å². The minimum atomic E-state index is -1.11. The Bertz CT molecular complexity index is 467. The molecule has 2 aromatic rings. The quantitative estimate of drug-likeness (QED) is 0.750. The Morgan fingerprint density at radius 1 is 1.38 bits per heavy atom. The number of anilines is 1. The van der Waals surface area contributed by atoms with Gasteiger partial charge in [-0.15, -0.1) is 0 Å². The molecule has 8 nitrogen and oxygen atoms in total. The molecule has 0 aromatic carbocycles. The zero-order chi connectivity index (χ0) is 11.4. The zero-order valence-electron chi connectivity index (χ0n) is 7.99. The van der Waals surface area contributed by atoms with Crippen LogP contribution in [0.4, 0.5) is 5.82 Å². The lowest BCUT2D eigenvalue weighted by molar-refractivity contribution is 0.0690. The minimum absolute atomic E-state index is 0.106. The van der Waals surface area contributed by atoms with Gasteiger partial charge < -0.3 is 14.9 Å². The Hall–Kier alpha value is -2.51. The van der Waals surface area contributed by atoms with Gasteiger partial charge in [0.25, 0.3) is 0 Å². The largest absolute Gasteiger partial charge is 0.476 e. The first-order valence-electron chi connectivity index (χ1n) is 4.30. The maximum atomic E-state index is 10.5. The molecule has 0 saturated carbocycles. The fourth-order valence-electron chi connectivity index (χ4n) is 0.970. The summed E-state index contributed by atoms with van der Waals surface area (Å²) >= 11 is 0. The van der Waals surface area contributed by atoms with E-state index < -0.39 is 5.97 Å². The highest BCUT2D eigenvalue weighted by atomic mass is 16.5. The van der Waals surface area contributed by atoms with E-state index in [1.165, 1.54) is 18.8 Å². The number of aromatic nitrogens is 4. The predicted octanol–water partition coefficient (Wildman–Crippen LogP) is 0.170. The molecular formula is C8H7N5O3. The number of carboxylic acids is 1. The van der Waals surface area contributed by atoms with Crippen LogP contribution in [0.3, 0.4) is 0 Å². The van der Waals surface area contributed by atoms with Crippen molar-refractivity contribution in [3.05, 3.63) is 30.3 Å². The first kappa shape index (κ1) is 10.0. The molecule has 0 aliphatic rings. The first-order valence-corrected chi connectivity index (χ1v) is 4.30. The molecule has 0 aliphatic heterocycles. The van der Waals surface area contributed by atoms with Gasteiger partial charge in [-0.05, 0) is 0 Å². The van der Waals surface area contributed by atoms with Crippen LogP contribution in [-0.4, -0.2) is 31.2 Å². The molecule has 2 rings (SSSR count). The fourth-order valence-corrected chi connectivity index (χ4v) is 0.970. The highest BCUT2D eigenvalue weighted by molar-refractivity contribution is 5.84. The number of hydrogen-bond acceptors (Lipinski definition) is 7. The van der Waals surface area contributed by atoms with E-state index >= 15 is 0 Å². The average molecular weight is 221 g/mol. The molecule has 0 aliphatic carbocycles. The molecular weight excluding hydrogens is 214 g/mol. The van der Waals surface area contributed by atoms with Gasteiger partial charge in [0.1, 0.15) is 5.82 Å². The van der Waals surface area contributed by atoms with Crippen LogP contribution >= 0.6 is 0 Å². The summed E-state index contributed by atoms with van der Waals surface area (Å²) in [6.07, 6.45) is 3.71. The molecule has 16 heavy (non-hydrogen) atoms. The number of carboxylic acid groups (broad SMARTS) is 1. The maximum Gasteiger partial charge on any atom is 0.356 e. The van der Waals surface area contributed by atoms with E-state index in [2.05, 4.69) is 29.9 Å². The number of carbonyl (C=O) groups is 1. The third kappa shape index (κ3) is 2.29. The van der Waals surface area contributed by atoms with Crippen molar-refractivity contribution in [3.8, 4) is 0 Å². The Morgan fingerprint density at radius 2 is 2.25 bits per heavy atom. The average Bonchev–Trinajstić information content (AvgIpc) is 2.80. The van der Waals surface area contributed by atoms with Crippen molar-refractivity contribution < 1.29 is 14.4 Å². The molecule has 8 heteroatoms. The molecule has 2 aromatic heterocycles. The van der Waals surface area contributed by atoms with Gasteiger partial charge in [-0.25, -0.2) is 14.8 Å². The lowest BCUT2D eigenvalue weighted by Crippen LogP contribution is -2.06. The summed E-state index contributed by atoms with van der Waals surface area (Å²) in [4.78, 5) is 21.8. The Kier molecular flexibility index (Phi) is 2.72. The number of hydrogen-bond donors (Lipinski definition) is 2. The van der Waals surface area contributed by atoms with Crippen LogP contribution in [0.1, 0.15) is 16.3 Å². The normalized spacial score (nSPS) is 10.0. The highest BCUT2D eigenvalue weighted by Gasteiger charge is 2.05. The zero-order valence-corrected chi connectivity index (χ0v) is 7.99. The SMILES string of the molecule is O=C(O)c1cnc(NCc2ncon2)cn1. The van der Waals surface area contributed by atoms with Gasteiger partial charge >= 0.3 is 5.97 Å². The monoisotopic (exact) mass is 221 g/mol. The van der Waals surface area contributed by atoms with Crippen molar-refractivity contribution in [3.63, 3.8) is 0 Å². The van der Waals surface area contributed by atoms with Crippen molar-refractivity contribution in [2.24, 2.45) is 0 Å². The van der Waals surface area contributed by atoms with Crippen molar-refractivity contribution in [2.45, 2.75) is 6.54 Å². The molecule has 82 valence electrons. The van der Waals surface area contributed by atoms with Gasteiger partial charge in [-0.3, -0.25) is 0 Å². The molecule has 2 heterocycles. The number of nitrogens with one attached hydrogen (secondary N) is 1. The second-order valence-corrected chi connectivity index (χ2v) is 2.79. The molecule has 2 N–H and O–H groups in total. The van der Waals surface area contributed by atoms with Crippen molar-refractivity contribution >= 4 is 11.8 Å². The van der Waals surface area contributed by atoms with Gasteiger partial charge in [0.2, 0.25) is 6.39 Å². The van der Waals surface area contributed by atoms with Crippen LogP contribution in [0.5, 0.6) is 0 Å². The summed E-state index contributed by atoms with van der Waals surface area (Å²) in [7, 11) is 0. The standard InChI is InChI=1S/C8H7N5O3/c14-8(15)5-1-10-6(2-9-5)11-3-7-12-4-16-13-7/h1-2,4H,3H2,(H,10,11)(H,14,15). The first-order chi connectivity index (χ1) is 7.75. The topological polar surface area (TPSA) is 114 Å². The van der Waals surface area contributed by atoms with Crippen LogP contribution in [0, 0.1) is 0 Å². The number of nitrogens with zero attached hydrogens (tertiary/aromatic N) is 4. The number of aromatic carboxylic acids is 1. The molecule has 0 fully saturated rings. The molecule has 0 bridgehead atoms. The molecule has 0 amide bonds. The van der Waals surface area contributed by atoms with Crippen molar-refractivity contribution in [1.82, 2.24) is 20.1 Å². The van der Waals surface area contributed by atoms with Crippen LogP contribution < -0.4 is 5.32 Å². The minimum Gasteiger partial charge on any atom is -0.476 e. The highest BCUT2D eigenvalue weighted by Crippen LogP contribution is 2.02. The van der Waals surface area contributed by atoms with Gasteiger partial charge in [0, 0.05) is 0 Å². The van der Waals surface area contributed by atoms with E-state index in [1.54, 1.807) is 0 Å². The smallest absolute Gasteiger partial charge is 0.356 e.